The van der Waals surface area contributed by atoms with Crippen molar-refractivity contribution in [2.45, 2.75) is 81.6 Å². The lowest BCUT2D eigenvalue weighted by Crippen LogP contribution is -2.58. The molecule has 0 radical (unpaired) electrons. The van der Waals surface area contributed by atoms with Crippen molar-refractivity contribution in [2.75, 3.05) is 33.3 Å². The molecule has 35 heavy (non-hydrogen) atoms. The maximum Gasteiger partial charge on any atom is 0.248 e. The Morgan fingerprint density at radius 2 is 1.83 bits per heavy atom. The molecule has 1 aliphatic carbocycles. The second kappa shape index (κ2) is 10.8. The molecule has 3 aliphatic heterocycles. The third-order valence-corrected chi connectivity index (χ3v) is 8.53. The van der Waals surface area contributed by atoms with Crippen molar-refractivity contribution < 1.29 is 24.2 Å². The number of carbonyl (C=O) groups is 3. The van der Waals surface area contributed by atoms with Gasteiger partial charge < -0.3 is 24.5 Å². The summed E-state index contributed by atoms with van der Waals surface area (Å²) in [6.07, 6.45) is 10.8. The second-order valence-electron chi connectivity index (χ2n) is 10.6. The van der Waals surface area contributed by atoms with E-state index in [-0.39, 0.29) is 36.5 Å². The molecule has 3 saturated heterocycles. The van der Waals surface area contributed by atoms with Crippen molar-refractivity contribution in [3.05, 3.63) is 25.3 Å². The van der Waals surface area contributed by atoms with E-state index in [1.807, 2.05) is 4.90 Å². The van der Waals surface area contributed by atoms with E-state index in [9.17, 15) is 19.5 Å². The summed E-state index contributed by atoms with van der Waals surface area (Å²) in [4.78, 5) is 46.9. The van der Waals surface area contributed by atoms with Gasteiger partial charge in [-0.1, -0.05) is 31.4 Å². The normalized spacial score (nSPS) is 31.9. The molecule has 4 fully saturated rings. The number of hydrogen-bond donors (Lipinski definition) is 1. The minimum absolute atomic E-state index is 0.0336. The predicted molar refractivity (Wildman–Crippen MR) is 132 cm³/mol. The number of aliphatic hydroxyl groups excluding tert-OH is 1. The molecule has 3 amide bonds. The zero-order valence-electron chi connectivity index (χ0n) is 21.1. The smallest absolute Gasteiger partial charge is 0.248 e. The summed E-state index contributed by atoms with van der Waals surface area (Å²) < 4.78 is 6.54. The highest BCUT2D eigenvalue weighted by Gasteiger charge is 2.74. The van der Waals surface area contributed by atoms with Gasteiger partial charge in [0, 0.05) is 39.3 Å². The first-order chi connectivity index (χ1) is 16.9. The van der Waals surface area contributed by atoms with Gasteiger partial charge in [0.2, 0.25) is 17.7 Å². The summed E-state index contributed by atoms with van der Waals surface area (Å²) in [6, 6.07) is -0.609. The quantitative estimate of drug-likeness (QED) is 0.356. The van der Waals surface area contributed by atoms with Crippen molar-refractivity contribution in [2.24, 2.45) is 11.8 Å². The van der Waals surface area contributed by atoms with Gasteiger partial charge in [0.25, 0.3) is 0 Å². The van der Waals surface area contributed by atoms with E-state index in [4.69, 9.17) is 4.74 Å². The molecule has 3 heterocycles. The maximum absolute atomic E-state index is 14.3. The Kier molecular flexibility index (Phi) is 8.01. The number of amides is 3. The molecule has 4 aliphatic rings. The Hall–Kier alpha value is -2.19. The number of fused-ring (bicyclic) bond motifs is 1. The Morgan fingerprint density at radius 1 is 1.11 bits per heavy atom. The van der Waals surface area contributed by atoms with Crippen LogP contribution in [0.15, 0.2) is 25.3 Å². The standard InChI is InChI=1S/C27H41N3O5/c1-4-15-28(3)24(32)21-20-13-14-27(35-20)22(21)25(33)30(17-9-10-18-31)23(27)26(34)29(16-5-2)19-11-7-6-8-12-19/h4-5,19-23,31H,1-2,6-18H2,3H3/t20-,21+,22+,23?,27?/m1/s1. The number of rotatable bonds is 11. The van der Waals surface area contributed by atoms with Crippen LogP contribution in [0.5, 0.6) is 0 Å². The van der Waals surface area contributed by atoms with Gasteiger partial charge in [-0.3, -0.25) is 14.4 Å². The third-order valence-electron chi connectivity index (χ3n) is 8.53. The molecular weight excluding hydrogens is 446 g/mol. The number of hydrogen-bond acceptors (Lipinski definition) is 5. The van der Waals surface area contributed by atoms with Crippen molar-refractivity contribution in [3.63, 3.8) is 0 Å². The Bertz CT molecular complexity index is 841. The monoisotopic (exact) mass is 487 g/mol. The molecule has 1 N–H and O–H groups in total. The summed E-state index contributed by atoms with van der Waals surface area (Å²) in [6.45, 7) is 8.86. The molecule has 4 rings (SSSR count). The maximum atomic E-state index is 14.3. The Morgan fingerprint density at radius 3 is 2.49 bits per heavy atom. The Labute approximate surface area is 208 Å². The fourth-order valence-corrected chi connectivity index (χ4v) is 6.99. The van der Waals surface area contributed by atoms with Crippen LogP contribution in [-0.2, 0) is 19.1 Å². The first-order valence-corrected chi connectivity index (χ1v) is 13.3. The van der Waals surface area contributed by atoms with E-state index in [1.165, 1.54) is 6.42 Å². The van der Waals surface area contributed by atoms with Gasteiger partial charge in [-0.15, -0.1) is 13.2 Å². The Balaban J connectivity index is 1.69. The van der Waals surface area contributed by atoms with E-state index in [2.05, 4.69) is 13.2 Å². The molecule has 0 aromatic heterocycles. The summed E-state index contributed by atoms with van der Waals surface area (Å²) in [5, 5.41) is 9.33. The van der Waals surface area contributed by atoms with E-state index < -0.39 is 23.5 Å². The zero-order valence-corrected chi connectivity index (χ0v) is 21.1. The van der Waals surface area contributed by atoms with E-state index >= 15 is 0 Å². The minimum Gasteiger partial charge on any atom is -0.396 e. The molecule has 1 spiro atoms. The first kappa shape index (κ1) is 25.9. The van der Waals surface area contributed by atoms with Crippen molar-refractivity contribution in [1.29, 1.82) is 0 Å². The predicted octanol–water partition coefficient (Wildman–Crippen LogP) is 2.13. The topological polar surface area (TPSA) is 90.4 Å². The van der Waals surface area contributed by atoms with Crippen LogP contribution in [0.4, 0.5) is 0 Å². The molecule has 194 valence electrons. The number of likely N-dealkylation sites (N-methyl/N-ethyl adjacent to an activating group) is 1. The average Bonchev–Trinajstić information content (AvgIpc) is 3.50. The van der Waals surface area contributed by atoms with Crippen molar-refractivity contribution in [1.82, 2.24) is 14.7 Å². The number of aliphatic hydroxyl groups is 1. The second-order valence-corrected chi connectivity index (χ2v) is 10.6. The number of likely N-dealkylation sites (tertiary alicyclic amines) is 1. The molecular formula is C27H41N3O5. The summed E-state index contributed by atoms with van der Waals surface area (Å²) in [5.41, 5.74) is -0.971. The molecule has 0 aromatic rings. The lowest BCUT2D eigenvalue weighted by Gasteiger charge is -2.40. The molecule has 8 nitrogen and oxygen atoms in total. The van der Waals surface area contributed by atoms with E-state index in [0.29, 0.717) is 45.3 Å². The fourth-order valence-electron chi connectivity index (χ4n) is 6.99. The lowest BCUT2D eigenvalue weighted by atomic mass is 9.70. The molecule has 0 aromatic carbocycles. The number of nitrogens with zero attached hydrogens (tertiary/aromatic N) is 3. The van der Waals surface area contributed by atoms with Gasteiger partial charge >= 0.3 is 0 Å². The van der Waals surface area contributed by atoms with Crippen LogP contribution in [-0.4, -0.2) is 94.6 Å². The average molecular weight is 488 g/mol. The van der Waals surface area contributed by atoms with Gasteiger partial charge in [-0.05, 0) is 38.5 Å². The largest absolute Gasteiger partial charge is 0.396 e. The van der Waals surface area contributed by atoms with Crippen LogP contribution in [0.25, 0.3) is 0 Å². The highest BCUT2D eigenvalue weighted by Crippen LogP contribution is 2.59. The molecule has 2 unspecified atom stereocenters. The SMILES string of the molecule is C=CCN(C)C(=O)[C@@H]1[C@H]2C(=O)N(CCCCO)C(C(=O)N(CC=C)C3CCCCC3)C23CC[C@H]1O3. The highest BCUT2D eigenvalue weighted by molar-refractivity contribution is 5.99. The van der Waals surface area contributed by atoms with E-state index in [1.54, 1.807) is 29.0 Å². The van der Waals surface area contributed by atoms with E-state index in [0.717, 1.165) is 25.7 Å². The van der Waals surface area contributed by atoms with Crippen LogP contribution in [0, 0.1) is 11.8 Å². The highest BCUT2D eigenvalue weighted by atomic mass is 16.5. The molecule has 5 atom stereocenters. The van der Waals surface area contributed by atoms with Crippen LogP contribution >= 0.6 is 0 Å². The van der Waals surface area contributed by atoms with Gasteiger partial charge in [-0.2, -0.15) is 0 Å². The molecule has 8 heteroatoms. The van der Waals surface area contributed by atoms with Crippen molar-refractivity contribution in [3.8, 4) is 0 Å². The number of unbranched alkanes of at least 4 members (excludes halogenated alkanes) is 1. The number of ether oxygens (including phenoxy) is 1. The summed E-state index contributed by atoms with van der Waals surface area (Å²) in [5.74, 6) is -1.59. The molecule has 1 saturated carbocycles. The minimum atomic E-state index is -0.971. The van der Waals surface area contributed by atoms with Gasteiger partial charge in [-0.25, -0.2) is 0 Å². The van der Waals surface area contributed by atoms with Crippen molar-refractivity contribution >= 4 is 17.7 Å². The summed E-state index contributed by atoms with van der Waals surface area (Å²) in [7, 11) is 1.72. The van der Waals surface area contributed by atoms with Crippen LogP contribution < -0.4 is 0 Å². The fraction of sp³-hybridized carbons (Fsp3) is 0.741. The molecule has 2 bridgehead atoms. The van der Waals surface area contributed by atoms with Gasteiger partial charge in [0.05, 0.1) is 17.9 Å². The first-order valence-electron chi connectivity index (χ1n) is 13.3. The van der Waals surface area contributed by atoms with Crippen LogP contribution in [0.1, 0.15) is 57.8 Å². The zero-order chi connectivity index (χ0) is 25.2. The van der Waals surface area contributed by atoms with Crippen LogP contribution in [0.3, 0.4) is 0 Å². The summed E-state index contributed by atoms with van der Waals surface area (Å²) >= 11 is 0. The third kappa shape index (κ3) is 4.44. The van der Waals surface area contributed by atoms with Crippen LogP contribution in [0.2, 0.25) is 0 Å². The lowest BCUT2D eigenvalue weighted by molar-refractivity contribution is -0.150. The van der Waals surface area contributed by atoms with Gasteiger partial charge in [0.1, 0.15) is 11.6 Å². The number of carbonyl (C=O) groups excluding carboxylic acids is 3. The van der Waals surface area contributed by atoms with Gasteiger partial charge in [0.15, 0.2) is 0 Å².